The number of pyridine rings is 1. The number of hydrogen-bond acceptors (Lipinski definition) is 5. The van der Waals surface area contributed by atoms with E-state index in [9.17, 15) is 10.1 Å². The third-order valence-electron chi connectivity index (χ3n) is 4.59. The van der Waals surface area contributed by atoms with Gasteiger partial charge in [0.05, 0.1) is 0 Å². The SMILES string of the molecule is Cc1nc(C#N)c(N2C[C@H]3C[C@@H](C2)c2cccc(=O)n2C3)o1. The maximum atomic E-state index is 12.0. The summed E-state index contributed by atoms with van der Waals surface area (Å²) in [5.74, 6) is 1.77. The third-order valence-corrected chi connectivity index (χ3v) is 4.59. The molecule has 4 rings (SSSR count). The molecule has 0 N–H and O–H groups in total. The molecule has 0 aromatic carbocycles. The van der Waals surface area contributed by atoms with E-state index < -0.39 is 0 Å². The van der Waals surface area contributed by atoms with Crippen molar-refractivity contribution in [3.05, 3.63) is 45.8 Å². The van der Waals surface area contributed by atoms with Crippen molar-refractivity contribution in [2.75, 3.05) is 18.0 Å². The smallest absolute Gasteiger partial charge is 0.250 e. The van der Waals surface area contributed by atoms with Gasteiger partial charge in [-0.25, -0.2) is 4.98 Å². The monoisotopic (exact) mass is 296 g/mol. The number of fused-ring (bicyclic) bond motifs is 4. The molecule has 1 fully saturated rings. The highest BCUT2D eigenvalue weighted by atomic mass is 16.4. The van der Waals surface area contributed by atoms with Crippen LogP contribution in [-0.4, -0.2) is 22.6 Å². The van der Waals surface area contributed by atoms with Gasteiger partial charge in [-0.2, -0.15) is 5.26 Å². The molecule has 0 radical (unpaired) electrons. The van der Waals surface area contributed by atoms with Crippen LogP contribution in [0.1, 0.15) is 29.6 Å². The Morgan fingerprint density at radius 2 is 2.23 bits per heavy atom. The summed E-state index contributed by atoms with van der Waals surface area (Å²) in [5.41, 5.74) is 1.51. The molecule has 0 amide bonds. The van der Waals surface area contributed by atoms with Crippen molar-refractivity contribution in [1.82, 2.24) is 9.55 Å². The van der Waals surface area contributed by atoms with Crippen LogP contribution >= 0.6 is 0 Å². The lowest BCUT2D eigenvalue weighted by Gasteiger charge is -2.42. The Bertz CT molecular complexity index is 829. The molecule has 1 saturated heterocycles. The number of anilines is 1. The molecule has 2 atom stereocenters. The molecule has 112 valence electrons. The van der Waals surface area contributed by atoms with Crippen LogP contribution in [-0.2, 0) is 6.54 Å². The molecule has 0 unspecified atom stereocenters. The molecular weight excluding hydrogens is 280 g/mol. The van der Waals surface area contributed by atoms with Gasteiger partial charge >= 0.3 is 0 Å². The van der Waals surface area contributed by atoms with E-state index in [0.717, 1.165) is 31.7 Å². The van der Waals surface area contributed by atoms with Gasteiger partial charge in [-0.3, -0.25) is 4.79 Å². The molecular formula is C16H16N4O2. The lowest BCUT2D eigenvalue weighted by molar-refractivity contribution is 0.274. The van der Waals surface area contributed by atoms with E-state index in [0.29, 0.717) is 29.3 Å². The van der Waals surface area contributed by atoms with Gasteiger partial charge in [0.1, 0.15) is 6.07 Å². The first kappa shape index (κ1) is 13.1. The second kappa shape index (κ2) is 4.73. The standard InChI is InChI=1S/C16H16N4O2/c1-10-18-13(6-17)16(22-10)19-7-11-5-12(9-19)14-3-2-4-15(21)20(14)8-11/h2-4,11-12H,5,7-9H2,1H3/t11-,12+/m1/s1. The summed E-state index contributed by atoms with van der Waals surface area (Å²) in [5, 5.41) is 9.21. The molecule has 0 saturated carbocycles. The first-order valence-corrected chi connectivity index (χ1v) is 7.48. The van der Waals surface area contributed by atoms with Gasteiger partial charge in [0.25, 0.3) is 5.56 Å². The van der Waals surface area contributed by atoms with E-state index in [2.05, 4.69) is 16.0 Å². The summed E-state index contributed by atoms with van der Waals surface area (Å²) in [7, 11) is 0. The van der Waals surface area contributed by atoms with Crippen LogP contribution in [0, 0.1) is 24.2 Å². The molecule has 2 aromatic rings. The number of rotatable bonds is 1. The normalized spacial score (nSPS) is 23.0. The molecule has 2 aliphatic rings. The lowest BCUT2D eigenvalue weighted by Crippen LogP contribution is -2.47. The van der Waals surface area contributed by atoms with Crippen molar-refractivity contribution in [1.29, 1.82) is 5.26 Å². The number of nitriles is 1. The Labute approximate surface area is 127 Å². The number of oxazole rings is 1. The summed E-state index contributed by atoms with van der Waals surface area (Å²) >= 11 is 0. The van der Waals surface area contributed by atoms with Crippen LogP contribution in [0.15, 0.2) is 27.4 Å². The molecule has 0 aliphatic carbocycles. The maximum absolute atomic E-state index is 12.0. The second-order valence-corrected chi connectivity index (χ2v) is 6.10. The minimum absolute atomic E-state index is 0.0777. The van der Waals surface area contributed by atoms with E-state index >= 15 is 0 Å². The van der Waals surface area contributed by atoms with Crippen molar-refractivity contribution in [2.24, 2.45) is 5.92 Å². The average molecular weight is 296 g/mol. The Balaban J connectivity index is 1.72. The van der Waals surface area contributed by atoms with Crippen LogP contribution < -0.4 is 10.5 Å². The Morgan fingerprint density at radius 3 is 3.05 bits per heavy atom. The maximum Gasteiger partial charge on any atom is 0.250 e. The topological polar surface area (TPSA) is 75.1 Å². The number of aromatic nitrogens is 2. The lowest BCUT2D eigenvalue weighted by atomic mass is 9.83. The van der Waals surface area contributed by atoms with E-state index in [1.54, 1.807) is 13.0 Å². The van der Waals surface area contributed by atoms with Crippen LogP contribution in [0.3, 0.4) is 0 Å². The molecule has 2 aliphatic heterocycles. The summed E-state index contributed by atoms with van der Waals surface area (Å²) in [4.78, 5) is 18.3. The minimum Gasteiger partial charge on any atom is -0.424 e. The summed E-state index contributed by atoms with van der Waals surface area (Å²) in [6.45, 7) is 4.03. The van der Waals surface area contributed by atoms with Crippen LogP contribution in [0.25, 0.3) is 0 Å². The van der Waals surface area contributed by atoms with Gasteiger partial charge in [-0.1, -0.05) is 6.07 Å². The van der Waals surface area contributed by atoms with Gasteiger partial charge in [-0.15, -0.1) is 0 Å². The quantitative estimate of drug-likeness (QED) is 0.799. The fourth-order valence-corrected chi connectivity index (χ4v) is 3.77. The predicted molar refractivity (Wildman–Crippen MR) is 79.7 cm³/mol. The largest absolute Gasteiger partial charge is 0.424 e. The van der Waals surface area contributed by atoms with Crippen molar-refractivity contribution in [2.45, 2.75) is 25.8 Å². The Kier molecular flexibility index (Phi) is 2.83. The third kappa shape index (κ3) is 1.93. The number of aryl methyl sites for hydroxylation is 1. The van der Waals surface area contributed by atoms with Crippen molar-refractivity contribution in [3.8, 4) is 6.07 Å². The van der Waals surface area contributed by atoms with E-state index in [1.807, 2.05) is 16.7 Å². The average Bonchev–Trinajstić information content (AvgIpc) is 2.89. The van der Waals surface area contributed by atoms with Gasteiger partial charge in [0.2, 0.25) is 11.6 Å². The van der Waals surface area contributed by atoms with Gasteiger partial charge in [0.15, 0.2) is 5.89 Å². The first-order valence-electron chi connectivity index (χ1n) is 7.48. The summed E-state index contributed by atoms with van der Waals surface area (Å²) in [6, 6.07) is 7.58. The molecule has 4 heterocycles. The molecule has 2 bridgehead atoms. The molecule has 6 heteroatoms. The molecule has 6 nitrogen and oxygen atoms in total. The van der Waals surface area contributed by atoms with Gasteiger partial charge < -0.3 is 13.9 Å². The fourth-order valence-electron chi connectivity index (χ4n) is 3.77. The zero-order valence-electron chi connectivity index (χ0n) is 12.3. The Hall–Kier alpha value is -2.55. The van der Waals surface area contributed by atoms with E-state index in [-0.39, 0.29) is 5.56 Å². The Morgan fingerprint density at radius 1 is 1.36 bits per heavy atom. The van der Waals surface area contributed by atoms with Crippen molar-refractivity contribution >= 4 is 5.88 Å². The molecule has 0 spiro atoms. The predicted octanol–water partition coefficient (Wildman–Crippen LogP) is 1.64. The number of piperidine rings is 1. The zero-order valence-corrected chi connectivity index (χ0v) is 12.3. The van der Waals surface area contributed by atoms with Crippen LogP contribution in [0.4, 0.5) is 5.88 Å². The molecule has 2 aromatic heterocycles. The van der Waals surface area contributed by atoms with Crippen molar-refractivity contribution < 1.29 is 4.42 Å². The first-order chi connectivity index (χ1) is 10.7. The summed E-state index contributed by atoms with van der Waals surface area (Å²) < 4.78 is 7.54. The highest BCUT2D eigenvalue weighted by Crippen LogP contribution is 2.37. The number of hydrogen-bond donors (Lipinski definition) is 0. The second-order valence-electron chi connectivity index (χ2n) is 6.10. The van der Waals surface area contributed by atoms with Crippen molar-refractivity contribution in [3.63, 3.8) is 0 Å². The molecule has 22 heavy (non-hydrogen) atoms. The zero-order chi connectivity index (χ0) is 15.3. The van der Waals surface area contributed by atoms with Gasteiger partial charge in [0, 0.05) is 44.2 Å². The van der Waals surface area contributed by atoms with Crippen LogP contribution in [0.5, 0.6) is 0 Å². The highest BCUT2D eigenvalue weighted by molar-refractivity contribution is 5.49. The minimum atomic E-state index is 0.0777. The summed E-state index contributed by atoms with van der Waals surface area (Å²) in [6.07, 6.45) is 1.08. The number of nitrogens with zero attached hydrogens (tertiary/aromatic N) is 4. The van der Waals surface area contributed by atoms with Crippen LogP contribution in [0.2, 0.25) is 0 Å². The highest BCUT2D eigenvalue weighted by Gasteiger charge is 2.36. The van der Waals surface area contributed by atoms with Gasteiger partial charge in [-0.05, 0) is 18.4 Å². The van der Waals surface area contributed by atoms with E-state index in [4.69, 9.17) is 4.42 Å². The van der Waals surface area contributed by atoms with E-state index in [1.165, 1.54) is 0 Å². The fraction of sp³-hybridized carbons (Fsp3) is 0.438.